The van der Waals surface area contributed by atoms with Gasteiger partial charge in [-0.3, -0.25) is 9.59 Å². The Labute approximate surface area is 187 Å². The molecule has 0 N–H and O–H groups in total. The molecule has 174 valence electrons. The molecule has 1 heterocycles. The van der Waals surface area contributed by atoms with Crippen molar-refractivity contribution in [3.63, 3.8) is 0 Å². The first-order valence-electron chi connectivity index (χ1n) is 11.9. The number of carbonyl (C=O) groups is 2. The van der Waals surface area contributed by atoms with E-state index < -0.39 is 21.9 Å². The van der Waals surface area contributed by atoms with Crippen LogP contribution in [0, 0.1) is 0 Å². The van der Waals surface area contributed by atoms with Gasteiger partial charge in [-0.2, -0.15) is 8.42 Å². The van der Waals surface area contributed by atoms with Crippen LogP contribution in [-0.2, 0) is 14.4 Å². The van der Waals surface area contributed by atoms with Crippen molar-refractivity contribution in [2.75, 3.05) is 5.75 Å². The van der Waals surface area contributed by atoms with Crippen LogP contribution in [0.2, 0.25) is 0 Å². The zero-order chi connectivity index (χ0) is 22.5. The second-order valence-corrected chi connectivity index (χ2v) is 10.1. The summed E-state index contributed by atoms with van der Waals surface area (Å²) in [5.41, 5.74) is 0.332. The quantitative estimate of drug-likeness (QED) is 0.213. The molecule has 1 aliphatic rings. The molecule has 6 nitrogen and oxygen atoms in total. The normalized spacial score (nSPS) is 13.8. The van der Waals surface area contributed by atoms with Gasteiger partial charge in [0.2, 0.25) is 0 Å². The number of hydrogen-bond acceptors (Lipinski definition) is 5. The summed E-state index contributed by atoms with van der Waals surface area (Å²) in [7, 11) is -3.98. The van der Waals surface area contributed by atoms with Gasteiger partial charge in [0.05, 0.1) is 16.9 Å². The maximum Gasteiger partial charge on any atom is 0.288 e. The standard InChI is InChI=1S/C24H37NO5S/c1-2-3-4-5-6-7-8-9-10-11-12-13-14-17-20-31(28,29)30-25-23(26)21-18-15-16-19-22(21)24(25)27/h15-16,18-19H,2-14,17,20H2,1H3. The highest BCUT2D eigenvalue weighted by Gasteiger charge is 2.39. The van der Waals surface area contributed by atoms with Crippen molar-refractivity contribution in [2.24, 2.45) is 0 Å². The number of rotatable bonds is 17. The van der Waals surface area contributed by atoms with Gasteiger partial charge in [0.15, 0.2) is 0 Å². The molecule has 0 atom stereocenters. The summed E-state index contributed by atoms with van der Waals surface area (Å²) < 4.78 is 29.2. The van der Waals surface area contributed by atoms with Crippen molar-refractivity contribution in [2.45, 2.75) is 96.8 Å². The van der Waals surface area contributed by atoms with E-state index in [1.165, 1.54) is 76.3 Å². The Balaban J connectivity index is 1.51. The lowest BCUT2D eigenvalue weighted by atomic mass is 10.0. The number of nitrogens with zero attached hydrogens (tertiary/aromatic N) is 1. The maximum absolute atomic E-state index is 12.2. The van der Waals surface area contributed by atoms with Gasteiger partial charge < -0.3 is 0 Å². The fraction of sp³-hybridized carbons (Fsp3) is 0.667. The Hall–Kier alpha value is -1.73. The highest BCUT2D eigenvalue weighted by atomic mass is 32.2. The number of benzene rings is 1. The van der Waals surface area contributed by atoms with Crippen molar-refractivity contribution in [3.8, 4) is 0 Å². The fourth-order valence-electron chi connectivity index (χ4n) is 3.86. The molecule has 1 aromatic carbocycles. The molecule has 2 amide bonds. The number of carbonyl (C=O) groups excluding carboxylic acids is 2. The zero-order valence-electron chi connectivity index (χ0n) is 18.8. The monoisotopic (exact) mass is 451 g/mol. The van der Waals surface area contributed by atoms with Gasteiger partial charge in [-0.1, -0.05) is 103 Å². The Morgan fingerprint density at radius 2 is 1.06 bits per heavy atom. The zero-order valence-corrected chi connectivity index (χ0v) is 19.6. The third-order valence-electron chi connectivity index (χ3n) is 5.69. The van der Waals surface area contributed by atoms with Gasteiger partial charge in [-0.25, -0.2) is 0 Å². The van der Waals surface area contributed by atoms with Crippen LogP contribution in [0.4, 0.5) is 0 Å². The van der Waals surface area contributed by atoms with Gasteiger partial charge in [0.25, 0.3) is 21.9 Å². The van der Waals surface area contributed by atoms with Crippen LogP contribution >= 0.6 is 0 Å². The van der Waals surface area contributed by atoms with Crippen LogP contribution < -0.4 is 0 Å². The molecule has 7 heteroatoms. The highest BCUT2D eigenvalue weighted by Crippen LogP contribution is 2.24. The summed E-state index contributed by atoms with van der Waals surface area (Å²) >= 11 is 0. The first-order chi connectivity index (χ1) is 15.0. The Kier molecular flexibility index (Phi) is 11.2. The van der Waals surface area contributed by atoms with Gasteiger partial charge in [0.1, 0.15) is 0 Å². The third kappa shape index (κ3) is 8.73. The molecule has 0 aromatic heterocycles. The summed E-state index contributed by atoms with van der Waals surface area (Å²) in [5, 5.41) is 0.365. The molecule has 0 spiro atoms. The van der Waals surface area contributed by atoms with E-state index in [4.69, 9.17) is 4.28 Å². The van der Waals surface area contributed by atoms with E-state index >= 15 is 0 Å². The second kappa shape index (κ2) is 13.6. The molecular formula is C24H37NO5S. The molecule has 0 fully saturated rings. The van der Waals surface area contributed by atoms with Crippen molar-refractivity contribution >= 4 is 21.9 Å². The Morgan fingerprint density at radius 1 is 0.677 bits per heavy atom. The van der Waals surface area contributed by atoms with Crippen LogP contribution in [-0.4, -0.2) is 31.0 Å². The fourth-order valence-corrected chi connectivity index (χ4v) is 4.85. The molecule has 0 saturated heterocycles. The molecule has 0 aliphatic carbocycles. The van der Waals surface area contributed by atoms with E-state index in [2.05, 4.69) is 6.92 Å². The van der Waals surface area contributed by atoms with Gasteiger partial charge in [-0.05, 0) is 18.6 Å². The minimum atomic E-state index is -3.98. The molecule has 0 radical (unpaired) electrons. The lowest BCUT2D eigenvalue weighted by molar-refractivity contribution is -0.0103. The van der Waals surface area contributed by atoms with Gasteiger partial charge in [0, 0.05) is 0 Å². The van der Waals surface area contributed by atoms with Gasteiger partial charge in [-0.15, -0.1) is 9.35 Å². The minimum Gasteiger partial charge on any atom is -0.266 e. The van der Waals surface area contributed by atoms with Crippen LogP contribution in [0.5, 0.6) is 0 Å². The number of unbranched alkanes of at least 4 members (excludes halogenated alkanes) is 13. The average Bonchev–Trinajstić information content (AvgIpc) is 2.99. The van der Waals surface area contributed by atoms with Crippen molar-refractivity contribution < 1.29 is 22.3 Å². The second-order valence-electron chi connectivity index (χ2n) is 8.38. The van der Waals surface area contributed by atoms with Crippen molar-refractivity contribution in [1.29, 1.82) is 0 Å². The number of amides is 2. The van der Waals surface area contributed by atoms with E-state index in [1.54, 1.807) is 12.1 Å². The smallest absolute Gasteiger partial charge is 0.266 e. The summed E-state index contributed by atoms with van der Waals surface area (Å²) in [5.74, 6) is -1.66. The highest BCUT2D eigenvalue weighted by molar-refractivity contribution is 7.86. The van der Waals surface area contributed by atoms with E-state index in [0.29, 0.717) is 11.5 Å². The Bertz CT molecular complexity index is 771. The molecule has 0 unspecified atom stereocenters. The van der Waals surface area contributed by atoms with E-state index in [-0.39, 0.29) is 16.9 Å². The molecule has 31 heavy (non-hydrogen) atoms. The predicted octanol–water partition coefficient (Wildman–Crippen LogP) is 6.03. The van der Waals surface area contributed by atoms with E-state index in [1.807, 2.05) is 0 Å². The van der Waals surface area contributed by atoms with E-state index in [9.17, 15) is 18.0 Å². The molecule has 2 rings (SSSR count). The largest absolute Gasteiger partial charge is 0.288 e. The summed E-state index contributed by atoms with van der Waals surface area (Å²) in [6.45, 7) is 2.24. The molecule has 1 aliphatic heterocycles. The van der Waals surface area contributed by atoms with Crippen LogP contribution in [0.15, 0.2) is 24.3 Å². The average molecular weight is 452 g/mol. The number of hydrogen-bond donors (Lipinski definition) is 0. The first kappa shape index (κ1) is 25.5. The van der Waals surface area contributed by atoms with Gasteiger partial charge >= 0.3 is 0 Å². The lowest BCUT2D eigenvalue weighted by Gasteiger charge is -2.12. The predicted molar refractivity (Wildman–Crippen MR) is 122 cm³/mol. The summed E-state index contributed by atoms with van der Waals surface area (Å²) in [4.78, 5) is 24.4. The molecule has 0 saturated carbocycles. The van der Waals surface area contributed by atoms with Crippen LogP contribution in [0.3, 0.4) is 0 Å². The molecule has 0 bridgehead atoms. The first-order valence-corrected chi connectivity index (χ1v) is 13.4. The summed E-state index contributed by atoms with van der Waals surface area (Å²) in [6.07, 6.45) is 16.5. The number of imide groups is 1. The SMILES string of the molecule is CCCCCCCCCCCCCCCCS(=O)(=O)ON1C(=O)c2ccccc2C1=O. The Morgan fingerprint density at radius 3 is 1.48 bits per heavy atom. The lowest BCUT2D eigenvalue weighted by Crippen LogP contribution is -2.33. The number of hydroxylamine groups is 2. The van der Waals surface area contributed by atoms with Crippen LogP contribution in [0.1, 0.15) is 118 Å². The number of fused-ring (bicyclic) bond motifs is 1. The van der Waals surface area contributed by atoms with Crippen molar-refractivity contribution in [1.82, 2.24) is 5.06 Å². The third-order valence-corrected chi connectivity index (χ3v) is 6.86. The molecular weight excluding hydrogens is 414 g/mol. The topological polar surface area (TPSA) is 80.8 Å². The maximum atomic E-state index is 12.2. The molecule has 1 aromatic rings. The minimum absolute atomic E-state index is 0.166. The summed E-state index contributed by atoms with van der Waals surface area (Å²) in [6, 6.07) is 6.21. The van der Waals surface area contributed by atoms with Crippen LogP contribution in [0.25, 0.3) is 0 Å². The van der Waals surface area contributed by atoms with Crippen molar-refractivity contribution in [3.05, 3.63) is 35.4 Å². The van der Waals surface area contributed by atoms with E-state index in [0.717, 1.165) is 19.3 Å².